The summed E-state index contributed by atoms with van der Waals surface area (Å²) in [6.07, 6.45) is 6.94. The molecule has 0 aliphatic heterocycles. The Morgan fingerprint density at radius 2 is 1.53 bits per heavy atom. The van der Waals surface area contributed by atoms with Crippen molar-refractivity contribution in [3.8, 4) is 17.2 Å². The second kappa shape index (κ2) is 10.4. The Morgan fingerprint density at radius 1 is 0.967 bits per heavy atom. The number of amides is 2. The molecular formula is C23H34N2O5. The number of methoxy groups -OCH3 is 3. The standard InChI is InChI=1S/C23H34N2O5/c1-23(2,3)22(27)25-17(21(26)24-16-10-8-7-9-11-16)12-15-13-18(28-4)20(30-6)19(14-15)29-5/h12-14,16H,7-11H2,1-6H3,(H,24,26)(H,25,27)/b17-12+. The van der Waals surface area contributed by atoms with Gasteiger partial charge in [0, 0.05) is 11.5 Å². The van der Waals surface area contributed by atoms with Gasteiger partial charge in [-0.25, -0.2) is 0 Å². The van der Waals surface area contributed by atoms with Crippen molar-refractivity contribution in [3.05, 3.63) is 23.4 Å². The lowest BCUT2D eigenvalue weighted by molar-refractivity contribution is -0.129. The molecule has 1 aliphatic rings. The van der Waals surface area contributed by atoms with Crippen LogP contribution >= 0.6 is 0 Å². The Morgan fingerprint density at radius 3 is 2.00 bits per heavy atom. The van der Waals surface area contributed by atoms with Crippen molar-refractivity contribution in [2.45, 2.75) is 58.9 Å². The van der Waals surface area contributed by atoms with E-state index in [-0.39, 0.29) is 23.6 Å². The molecule has 1 aromatic carbocycles. The first-order valence-electron chi connectivity index (χ1n) is 10.3. The van der Waals surface area contributed by atoms with Gasteiger partial charge in [-0.1, -0.05) is 40.0 Å². The summed E-state index contributed by atoms with van der Waals surface area (Å²) in [6.45, 7) is 5.41. The highest BCUT2D eigenvalue weighted by molar-refractivity contribution is 6.02. The number of benzene rings is 1. The first-order valence-corrected chi connectivity index (χ1v) is 10.3. The minimum Gasteiger partial charge on any atom is -0.493 e. The third kappa shape index (κ3) is 6.15. The first-order chi connectivity index (χ1) is 14.2. The van der Waals surface area contributed by atoms with E-state index in [1.165, 1.54) is 27.8 Å². The van der Waals surface area contributed by atoms with Gasteiger partial charge < -0.3 is 24.8 Å². The molecule has 1 aromatic rings. The lowest BCUT2D eigenvalue weighted by Gasteiger charge is -2.24. The van der Waals surface area contributed by atoms with Gasteiger partial charge in [0.2, 0.25) is 11.7 Å². The number of rotatable bonds is 7. The van der Waals surface area contributed by atoms with E-state index in [4.69, 9.17) is 14.2 Å². The van der Waals surface area contributed by atoms with E-state index in [0.717, 1.165) is 25.7 Å². The van der Waals surface area contributed by atoms with Crippen LogP contribution in [0.15, 0.2) is 17.8 Å². The van der Waals surface area contributed by atoms with Gasteiger partial charge in [0.1, 0.15) is 5.70 Å². The van der Waals surface area contributed by atoms with Gasteiger partial charge in [0.05, 0.1) is 21.3 Å². The quantitative estimate of drug-likeness (QED) is 0.660. The average Bonchev–Trinajstić information content (AvgIpc) is 2.72. The van der Waals surface area contributed by atoms with Crippen LogP contribution < -0.4 is 24.8 Å². The average molecular weight is 419 g/mol. The summed E-state index contributed by atoms with van der Waals surface area (Å²) in [5.74, 6) is 0.867. The SMILES string of the molecule is COc1cc(/C=C(/NC(=O)C(C)(C)C)C(=O)NC2CCCCC2)cc(OC)c1OC. The van der Waals surface area contributed by atoms with Crippen LogP contribution in [0.5, 0.6) is 17.2 Å². The van der Waals surface area contributed by atoms with Crippen molar-refractivity contribution in [3.63, 3.8) is 0 Å². The highest BCUT2D eigenvalue weighted by Crippen LogP contribution is 2.38. The maximum absolute atomic E-state index is 13.0. The Labute approximate surface area is 179 Å². The zero-order valence-electron chi connectivity index (χ0n) is 18.9. The van der Waals surface area contributed by atoms with Crippen LogP contribution in [0.3, 0.4) is 0 Å². The second-order valence-corrected chi connectivity index (χ2v) is 8.53. The van der Waals surface area contributed by atoms with Gasteiger partial charge in [-0.3, -0.25) is 9.59 Å². The Balaban J connectivity index is 2.40. The molecule has 1 aliphatic carbocycles. The maximum Gasteiger partial charge on any atom is 0.268 e. The smallest absolute Gasteiger partial charge is 0.268 e. The number of hydrogen-bond acceptors (Lipinski definition) is 5. The molecule has 0 bridgehead atoms. The van der Waals surface area contributed by atoms with Crippen LogP contribution in [0, 0.1) is 5.41 Å². The largest absolute Gasteiger partial charge is 0.493 e. The number of ether oxygens (including phenoxy) is 3. The summed E-state index contributed by atoms with van der Waals surface area (Å²) in [5.41, 5.74) is 0.196. The fourth-order valence-electron chi connectivity index (χ4n) is 3.33. The van der Waals surface area contributed by atoms with Crippen molar-refractivity contribution in [1.29, 1.82) is 0 Å². The molecule has 0 unspecified atom stereocenters. The van der Waals surface area contributed by atoms with Crippen molar-refractivity contribution >= 4 is 17.9 Å². The number of carbonyl (C=O) groups is 2. The van der Waals surface area contributed by atoms with E-state index < -0.39 is 5.41 Å². The molecule has 2 rings (SSSR count). The molecule has 2 amide bonds. The molecule has 30 heavy (non-hydrogen) atoms. The summed E-state index contributed by atoms with van der Waals surface area (Å²) in [4.78, 5) is 25.6. The third-order valence-corrected chi connectivity index (χ3v) is 5.11. The molecule has 166 valence electrons. The highest BCUT2D eigenvalue weighted by atomic mass is 16.5. The van der Waals surface area contributed by atoms with Crippen LogP contribution in [-0.2, 0) is 9.59 Å². The Hall–Kier alpha value is -2.70. The molecule has 0 radical (unpaired) electrons. The normalized spacial score (nSPS) is 15.3. The monoisotopic (exact) mass is 418 g/mol. The van der Waals surface area contributed by atoms with Crippen molar-refractivity contribution < 1.29 is 23.8 Å². The minimum atomic E-state index is -0.639. The highest BCUT2D eigenvalue weighted by Gasteiger charge is 2.26. The maximum atomic E-state index is 13.0. The van der Waals surface area contributed by atoms with Crippen LogP contribution in [-0.4, -0.2) is 39.2 Å². The molecular weight excluding hydrogens is 384 g/mol. The summed E-state index contributed by atoms with van der Waals surface area (Å²) in [7, 11) is 4.59. The lowest BCUT2D eigenvalue weighted by Crippen LogP contribution is -2.43. The minimum absolute atomic E-state index is 0.126. The predicted molar refractivity (Wildman–Crippen MR) is 117 cm³/mol. The zero-order valence-corrected chi connectivity index (χ0v) is 18.9. The molecule has 1 fully saturated rings. The fraction of sp³-hybridized carbons (Fsp3) is 0.565. The van der Waals surface area contributed by atoms with Crippen LogP contribution in [0.25, 0.3) is 6.08 Å². The molecule has 0 heterocycles. The van der Waals surface area contributed by atoms with Crippen LogP contribution in [0.4, 0.5) is 0 Å². The fourth-order valence-corrected chi connectivity index (χ4v) is 3.33. The van der Waals surface area contributed by atoms with Crippen molar-refractivity contribution in [2.75, 3.05) is 21.3 Å². The van der Waals surface area contributed by atoms with Gasteiger partial charge in [0.15, 0.2) is 11.5 Å². The molecule has 2 N–H and O–H groups in total. The van der Waals surface area contributed by atoms with E-state index in [1.54, 1.807) is 39.0 Å². The Bertz CT molecular complexity index is 764. The van der Waals surface area contributed by atoms with Crippen molar-refractivity contribution in [2.24, 2.45) is 5.41 Å². The molecule has 7 heteroatoms. The third-order valence-electron chi connectivity index (χ3n) is 5.11. The van der Waals surface area contributed by atoms with E-state index in [1.807, 2.05) is 0 Å². The van der Waals surface area contributed by atoms with Crippen LogP contribution in [0.2, 0.25) is 0 Å². The first kappa shape index (κ1) is 23.6. The number of hydrogen-bond donors (Lipinski definition) is 2. The van der Waals surface area contributed by atoms with Gasteiger partial charge in [-0.2, -0.15) is 0 Å². The van der Waals surface area contributed by atoms with E-state index in [2.05, 4.69) is 10.6 Å². The van der Waals surface area contributed by atoms with Gasteiger partial charge in [-0.15, -0.1) is 0 Å². The van der Waals surface area contributed by atoms with E-state index in [9.17, 15) is 9.59 Å². The molecule has 0 aromatic heterocycles. The van der Waals surface area contributed by atoms with Gasteiger partial charge >= 0.3 is 0 Å². The molecule has 0 spiro atoms. The summed E-state index contributed by atoms with van der Waals surface area (Å²) in [5, 5.41) is 5.86. The second-order valence-electron chi connectivity index (χ2n) is 8.53. The summed E-state index contributed by atoms with van der Waals surface area (Å²) in [6, 6.07) is 3.60. The molecule has 1 saturated carbocycles. The van der Waals surface area contributed by atoms with E-state index in [0.29, 0.717) is 22.8 Å². The van der Waals surface area contributed by atoms with Gasteiger partial charge in [-0.05, 0) is 36.6 Å². The lowest BCUT2D eigenvalue weighted by atomic mass is 9.94. The van der Waals surface area contributed by atoms with E-state index >= 15 is 0 Å². The predicted octanol–water partition coefficient (Wildman–Crippen LogP) is 3.66. The molecule has 0 saturated heterocycles. The zero-order chi connectivity index (χ0) is 22.3. The van der Waals surface area contributed by atoms with Gasteiger partial charge in [0.25, 0.3) is 5.91 Å². The summed E-state index contributed by atoms with van der Waals surface area (Å²) >= 11 is 0. The molecule has 7 nitrogen and oxygen atoms in total. The van der Waals surface area contributed by atoms with Crippen LogP contribution in [0.1, 0.15) is 58.4 Å². The number of nitrogens with one attached hydrogen (secondary N) is 2. The number of carbonyl (C=O) groups excluding carboxylic acids is 2. The topological polar surface area (TPSA) is 85.9 Å². The summed E-state index contributed by atoms with van der Waals surface area (Å²) < 4.78 is 16.1. The van der Waals surface area contributed by atoms with Crippen molar-refractivity contribution in [1.82, 2.24) is 10.6 Å². The Kier molecular flexibility index (Phi) is 8.15. The molecule has 0 atom stereocenters.